The Morgan fingerprint density at radius 2 is 1.90 bits per heavy atom. The first-order valence-corrected chi connectivity index (χ1v) is 10.2. The molecule has 0 atom stereocenters. The van der Waals surface area contributed by atoms with Crippen molar-refractivity contribution in [3.8, 4) is 0 Å². The molecule has 2 aromatic heterocycles. The number of piperidine rings is 1. The molecule has 0 saturated carbocycles. The van der Waals surface area contributed by atoms with Crippen LogP contribution in [0.25, 0.3) is 10.9 Å². The molecule has 1 aliphatic rings. The number of fused-ring (bicyclic) bond motifs is 1. The van der Waals surface area contributed by atoms with E-state index in [9.17, 15) is 4.79 Å². The van der Waals surface area contributed by atoms with Gasteiger partial charge >= 0.3 is 0 Å². The van der Waals surface area contributed by atoms with Crippen LogP contribution in [-0.2, 0) is 13.5 Å². The second-order valence-electron chi connectivity index (χ2n) is 7.82. The highest BCUT2D eigenvalue weighted by Gasteiger charge is 2.21. The van der Waals surface area contributed by atoms with Gasteiger partial charge in [-0.05, 0) is 49.7 Å². The monoisotopic (exact) mass is 429 g/mol. The molecular formula is C22H28ClN5O2. The van der Waals surface area contributed by atoms with Crippen molar-refractivity contribution in [3.63, 3.8) is 0 Å². The third-order valence-corrected chi connectivity index (χ3v) is 5.94. The molecule has 1 aliphatic heterocycles. The number of amides is 1. The quantitative estimate of drug-likeness (QED) is 0.460. The number of para-hydroxylation sites is 1. The maximum atomic E-state index is 11.4. The van der Waals surface area contributed by atoms with Gasteiger partial charge < -0.3 is 9.47 Å². The Labute approximate surface area is 182 Å². The van der Waals surface area contributed by atoms with Gasteiger partial charge in [-0.1, -0.05) is 18.2 Å². The highest BCUT2D eigenvalue weighted by Crippen LogP contribution is 2.27. The fourth-order valence-corrected chi connectivity index (χ4v) is 4.29. The van der Waals surface area contributed by atoms with E-state index in [1.807, 2.05) is 0 Å². The highest BCUT2D eigenvalue weighted by atomic mass is 35.5. The maximum absolute atomic E-state index is 11.4. The van der Waals surface area contributed by atoms with Crippen molar-refractivity contribution in [1.82, 2.24) is 20.0 Å². The average Bonchev–Trinajstić information content (AvgIpc) is 3.10. The number of aromatic nitrogens is 3. The first-order chi connectivity index (χ1) is 14.2. The molecule has 160 valence electrons. The third kappa shape index (κ3) is 4.74. The molecule has 1 amide bonds. The number of hydrogen-bond acceptors (Lipinski definition) is 5. The largest absolute Gasteiger partial charge is 0.350 e. The molecule has 0 spiro atoms. The number of hydroxylamine groups is 1. The summed E-state index contributed by atoms with van der Waals surface area (Å²) in [4.78, 5) is 22.1. The summed E-state index contributed by atoms with van der Waals surface area (Å²) in [5, 5.41) is 10.0. The summed E-state index contributed by atoms with van der Waals surface area (Å²) >= 11 is 0. The van der Waals surface area contributed by atoms with E-state index in [1.165, 1.54) is 41.7 Å². The van der Waals surface area contributed by atoms with E-state index in [4.69, 9.17) is 5.21 Å². The van der Waals surface area contributed by atoms with Crippen LogP contribution in [0, 0.1) is 5.92 Å². The van der Waals surface area contributed by atoms with Crippen molar-refractivity contribution in [2.24, 2.45) is 13.0 Å². The SMILES string of the molecule is Cl.Cn1cc(CCCC2CCN(c3ncc(C(=O)NO)cn3)CC2)c2ccccc21. The lowest BCUT2D eigenvalue weighted by molar-refractivity contribution is 0.0705. The smallest absolute Gasteiger partial charge is 0.277 e. The molecule has 0 radical (unpaired) electrons. The Morgan fingerprint density at radius 1 is 1.20 bits per heavy atom. The Bertz CT molecular complexity index is 981. The van der Waals surface area contributed by atoms with Crippen molar-refractivity contribution < 1.29 is 10.0 Å². The number of carbonyl (C=O) groups is 1. The van der Waals surface area contributed by atoms with E-state index in [2.05, 4.69) is 56.9 Å². The average molecular weight is 430 g/mol. The Kier molecular flexibility index (Phi) is 7.29. The van der Waals surface area contributed by atoms with Gasteiger partial charge in [0, 0.05) is 49.6 Å². The van der Waals surface area contributed by atoms with Crippen LogP contribution in [0.15, 0.2) is 42.9 Å². The Balaban J connectivity index is 0.00000256. The number of hydrogen-bond donors (Lipinski definition) is 2. The van der Waals surface area contributed by atoms with E-state index in [0.29, 0.717) is 5.95 Å². The Hall–Kier alpha value is -2.64. The minimum atomic E-state index is -0.596. The standard InChI is InChI=1S/C22H27N5O2.ClH/c1-26-15-17(19-7-2-3-8-20(19)26)6-4-5-16-9-11-27(12-10-16)22-23-13-18(14-24-22)21(28)25-29;/h2-3,7-8,13-16,29H,4-6,9-12H2,1H3,(H,25,28);1H. The Morgan fingerprint density at radius 3 is 2.60 bits per heavy atom. The molecule has 8 heteroatoms. The third-order valence-electron chi connectivity index (χ3n) is 5.94. The molecule has 3 heterocycles. The number of aryl methyl sites for hydroxylation is 2. The summed E-state index contributed by atoms with van der Waals surface area (Å²) in [6, 6.07) is 8.61. The van der Waals surface area contributed by atoms with Crippen LogP contribution in [0.5, 0.6) is 0 Å². The highest BCUT2D eigenvalue weighted by molar-refractivity contribution is 5.92. The van der Waals surface area contributed by atoms with Gasteiger partial charge in [0.1, 0.15) is 0 Å². The lowest BCUT2D eigenvalue weighted by atomic mass is 9.91. The predicted molar refractivity (Wildman–Crippen MR) is 119 cm³/mol. The van der Waals surface area contributed by atoms with Crippen molar-refractivity contribution in [2.75, 3.05) is 18.0 Å². The molecule has 30 heavy (non-hydrogen) atoms. The zero-order chi connectivity index (χ0) is 20.2. The molecule has 1 saturated heterocycles. The van der Waals surface area contributed by atoms with Gasteiger partial charge in [-0.2, -0.15) is 0 Å². The lowest BCUT2D eigenvalue weighted by Crippen LogP contribution is -2.35. The van der Waals surface area contributed by atoms with Gasteiger partial charge in [0.25, 0.3) is 5.91 Å². The van der Waals surface area contributed by atoms with Crippen LogP contribution in [0.2, 0.25) is 0 Å². The minimum Gasteiger partial charge on any atom is -0.350 e. The number of halogens is 1. The lowest BCUT2D eigenvalue weighted by Gasteiger charge is -2.32. The van der Waals surface area contributed by atoms with Crippen LogP contribution < -0.4 is 10.4 Å². The van der Waals surface area contributed by atoms with E-state index in [1.54, 1.807) is 5.48 Å². The maximum Gasteiger partial charge on any atom is 0.277 e. The molecule has 2 N–H and O–H groups in total. The van der Waals surface area contributed by atoms with Gasteiger partial charge in [-0.25, -0.2) is 15.4 Å². The molecule has 1 fully saturated rings. The first-order valence-electron chi connectivity index (χ1n) is 10.2. The molecule has 4 rings (SSSR count). The topological polar surface area (TPSA) is 83.3 Å². The molecule has 3 aromatic rings. The van der Waals surface area contributed by atoms with Crippen LogP contribution >= 0.6 is 12.4 Å². The number of benzene rings is 1. The van der Waals surface area contributed by atoms with Crippen LogP contribution in [0.4, 0.5) is 5.95 Å². The molecule has 1 aromatic carbocycles. The number of anilines is 1. The van der Waals surface area contributed by atoms with Gasteiger partial charge in [-0.3, -0.25) is 10.0 Å². The summed E-state index contributed by atoms with van der Waals surface area (Å²) in [5.41, 5.74) is 4.59. The summed E-state index contributed by atoms with van der Waals surface area (Å²) in [5.74, 6) is 0.788. The van der Waals surface area contributed by atoms with Gasteiger partial charge in [0.05, 0.1) is 5.56 Å². The number of carbonyl (C=O) groups excluding carboxylic acids is 1. The summed E-state index contributed by atoms with van der Waals surface area (Å²) in [6.45, 7) is 1.87. The van der Waals surface area contributed by atoms with Gasteiger partial charge in [-0.15, -0.1) is 12.4 Å². The zero-order valence-electron chi connectivity index (χ0n) is 17.1. The number of nitrogens with zero attached hydrogens (tertiary/aromatic N) is 4. The molecule has 7 nitrogen and oxygen atoms in total. The van der Waals surface area contributed by atoms with Crippen molar-refractivity contribution in [2.45, 2.75) is 32.1 Å². The van der Waals surface area contributed by atoms with E-state index in [-0.39, 0.29) is 18.0 Å². The van der Waals surface area contributed by atoms with E-state index in [0.717, 1.165) is 38.3 Å². The second-order valence-corrected chi connectivity index (χ2v) is 7.82. The van der Waals surface area contributed by atoms with Crippen molar-refractivity contribution in [1.29, 1.82) is 0 Å². The first kappa shape index (κ1) is 22.1. The van der Waals surface area contributed by atoms with E-state index >= 15 is 0 Å². The molecular weight excluding hydrogens is 402 g/mol. The number of rotatable bonds is 6. The van der Waals surface area contributed by atoms with Crippen LogP contribution in [0.1, 0.15) is 41.6 Å². The predicted octanol–water partition coefficient (Wildman–Crippen LogP) is 3.75. The minimum absolute atomic E-state index is 0. The van der Waals surface area contributed by atoms with Gasteiger partial charge in [0.2, 0.25) is 5.95 Å². The normalized spacial score (nSPS) is 14.5. The molecule has 0 aliphatic carbocycles. The summed E-state index contributed by atoms with van der Waals surface area (Å²) in [7, 11) is 2.12. The summed E-state index contributed by atoms with van der Waals surface area (Å²) in [6.07, 6.45) is 11.0. The van der Waals surface area contributed by atoms with Crippen molar-refractivity contribution >= 4 is 35.2 Å². The van der Waals surface area contributed by atoms with Crippen LogP contribution in [0.3, 0.4) is 0 Å². The second kappa shape index (κ2) is 9.91. The number of nitrogens with one attached hydrogen (secondary N) is 1. The van der Waals surface area contributed by atoms with Crippen LogP contribution in [-0.4, -0.2) is 38.7 Å². The van der Waals surface area contributed by atoms with Gasteiger partial charge in [0.15, 0.2) is 0 Å². The van der Waals surface area contributed by atoms with Crippen molar-refractivity contribution in [3.05, 3.63) is 54.0 Å². The fraction of sp³-hybridized carbons (Fsp3) is 0.409. The van der Waals surface area contributed by atoms with E-state index < -0.39 is 5.91 Å². The fourth-order valence-electron chi connectivity index (χ4n) is 4.29. The summed E-state index contributed by atoms with van der Waals surface area (Å²) < 4.78 is 2.22. The molecule has 0 unspecified atom stereocenters. The molecule has 0 bridgehead atoms. The zero-order valence-corrected chi connectivity index (χ0v) is 17.9.